The molecule has 2 aromatic carbocycles. The number of carbonyl (C=O) groups excluding carboxylic acids is 1. The van der Waals surface area contributed by atoms with Crippen molar-refractivity contribution in [3.8, 4) is 17.6 Å². The van der Waals surface area contributed by atoms with Gasteiger partial charge in [-0.2, -0.15) is 0 Å². The Labute approximate surface area is 183 Å². The molecular formula is C24H29N3O4. The number of benzene rings is 2. The number of nitrogens with zero attached hydrogens (tertiary/aromatic N) is 1. The van der Waals surface area contributed by atoms with Gasteiger partial charge in [0.1, 0.15) is 12.4 Å². The third-order valence-electron chi connectivity index (χ3n) is 4.81. The van der Waals surface area contributed by atoms with Crippen LogP contribution in [0.15, 0.2) is 48.5 Å². The summed E-state index contributed by atoms with van der Waals surface area (Å²) < 4.78 is 5.80. The van der Waals surface area contributed by atoms with Crippen molar-refractivity contribution in [2.45, 2.75) is 26.0 Å². The van der Waals surface area contributed by atoms with Gasteiger partial charge in [-0.3, -0.25) is 9.69 Å². The third-order valence-corrected chi connectivity index (χ3v) is 4.81. The lowest BCUT2D eigenvalue weighted by molar-refractivity contribution is -0.117. The summed E-state index contributed by atoms with van der Waals surface area (Å²) in [6.07, 6.45) is 0.782. The van der Waals surface area contributed by atoms with Gasteiger partial charge in [-0.1, -0.05) is 30.2 Å². The van der Waals surface area contributed by atoms with E-state index in [-0.39, 0.29) is 24.1 Å². The maximum Gasteiger partial charge on any atom is 0.335 e. The van der Waals surface area contributed by atoms with Gasteiger partial charge in [0.25, 0.3) is 0 Å². The molecule has 0 aromatic heterocycles. The van der Waals surface area contributed by atoms with Gasteiger partial charge in [0.2, 0.25) is 5.91 Å². The topological polar surface area (TPSA) is 105 Å². The van der Waals surface area contributed by atoms with E-state index < -0.39 is 5.97 Å². The fourth-order valence-corrected chi connectivity index (χ4v) is 2.98. The van der Waals surface area contributed by atoms with Crippen molar-refractivity contribution in [2.24, 2.45) is 5.73 Å². The molecule has 2 aromatic rings. The summed E-state index contributed by atoms with van der Waals surface area (Å²) in [6.45, 7) is 3.57. The minimum atomic E-state index is -0.946. The van der Waals surface area contributed by atoms with Gasteiger partial charge < -0.3 is 20.9 Å². The fraction of sp³-hybridized carbons (Fsp3) is 0.333. The Bertz CT molecular complexity index is 915. The highest BCUT2D eigenvalue weighted by molar-refractivity contribution is 5.87. The average Bonchev–Trinajstić information content (AvgIpc) is 2.76. The molecule has 0 saturated carbocycles. The highest BCUT2D eigenvalue weighted by Crippen LogP contribution is 2.16. The van der Waals surface area contributed by atoms with E-state index in [0.717, 1.165) is 23.3 Å². The van der Waals surface area contributed by atoms with Crippen LogP contribution in [0.3, 0.4) is 0 Å². The van der Waals surface area contributed by atoms with Gasteiger partial charge in [-0.05, 0) is 55.8 Å². The summed E-state index contributed by atoms with van der Waals surface area (Å²) in [7, 11) is 2.01. The summed E-state index contributed by atoms with van der Waals surface area (Å²) in [5, 5.41) is 12.1. The highest BCUT2D eigenvalue weighted by atomic mass is 16.5. The van der Waals surface area contributed by atoms with Crippen LogP contribution in [0.5, 0.6) is 5.75 Å². The van der Waals surface area contributed by atoms with Gasteiger partial charge in [-0.15, -0.1) is 5.92 Å². The molecule has 7 nitrogen and oxygen atoms in total. The zero-order valence-corrected chi connectivity index (χ0v) is 17.9. The number of nitrogens with two attached hydrogens (primary N) is 1. The van der Waals surface area contributed by atoms with Crippen molar-refractivity contribution < 1.29 is 19.4 Å². The lowest BCUT2D eigenvalue weighted by atomic mass is 10.0. The molecule has 0 radical (unpaired) electrons. The Kier molecular flexibility index (Phi) is 9.56. The van der Waals surface area contributed by atoms with Gasteiger partial charge in [-0.25, -0.2) is 4.79 Å². The van der Waals surface area contributed by atoms with Crippen molar-refractivity contribution in [1.29, 1.82) is 0 Å². The van der Waals surface area contributed by atoms with E-state index in [1.807, 2.05) is 38.2 Å². The Morgan fingerprint density at radius 3 is 2.35 bits per heavy atom. The molecule has 0 spiro atoms. The van der Waals surface area contributed by atoms with E-state index in [1.54, 1.807) is 24.3 Å². The van der Waals surface area contributed by atoms with Crippen molar-refractivity contribution in [3.05, 3.63) is 65.2 Å². The normalized spacial score (nSPS) is 11.5. The first kappa shape index (κ1) is 23.9. The van der Waals surface area contributed by atoms with Crippen LogP contribution < -0.4 is 15.8 Å². The minimum absolute atomic E-state index is 0.143. The number of hydrogen-bond donors (Lipinski definition) is 3. The minimum Gasteiger partial charge on any atom is -0.489 e. The van der Waals surface area contributed by atoms with Crippen LogP contribution in [0.2, 0.25) is 0 Å². The van der Waals surface area contributed by atoms with Crippen LogP contribution >= 0.6 is 0 Å². The van der Waals surface area contributed by atoms with Gasteiger partial charge >= 0.3 is 5.97 Å². The maximum absolute atomic E-state index is 11.0. The molecule has 0 aliphatic heterocycles. The largest absolute Gasteiger partial charge is 0.489 e. The number of aromatic carboxylic acids is 1. The number of ether oxygens (including phenoxy) is 1. The first-order chi connectivity index (χ1) is 14.9. The van der Waals surface area contributed by atoms with E-state index in [4.69, 9.17) is 15.6 Å². The summed E-state index contributed by atoms with van der Waals surface area (Å²) in [6, 6.07) is 14.6. The number of primary amides is 1. The molecule has 7 heteroatoms. The molecule has 1 atom stereocenters. The second kappa shape index (κ2) is 12.4. The number of carboxylic acids is 1. The molecule has 0 fully saturated rings. The van der Waals surface area contributed by atoms with Gasteiger partial charge in [0.15, 0.2) is 0 Å². The van der Waals surface area contributed by atoms with Crippen LogP contribution in [0.4, 0.5) is 0 Å². The summed E-state index contributed by atoms with van der Waals surface area (Å²) in [4.78, 5) is 24.1. The SMILES string of the molecule is CC#CCN(C)[C@H](CNCC(N)=O)Cc1ccc(OCc2ccc(C(=O)O)cc2)cc1. The first-order valence-electron chi connectivity index (χ1n) is 10.0. The molecule has 0 aliphatic carbocycles. The van der Waals surface area contributed by atoms with Crippen LogP contribution in [0.25, 0.3) is 0 Å². The van der Waals surface area contributed by atoms with E-state index in [0.29, 0.717) is 19.7 Å². The number of amides is 1. The van der Waals surface area contributed by atoms with Crippen molar-refractivity contribution in [1.82, 2.24) is 10.2 Å². The van der Waals surface area contributed by atoms with E-state index in [1.165, 1.54) is 0 Å². The molecule has 0 saturated heterocycles. The molecule has 164 valence electrons. The number of carbonyl (C=O) groups is 2. The fourth-order valence-electron chi connectivity index (χ4n) is 2.98. The van der Waals surface area contributed by atoms with Crippen molar-refractivity contribution >= 4 is 11.9 Å². The van der Waals surface area contributed by atoms with Gasteiger partial charge in [0.05, 0.1) is 18.7 Å². The van der Waals surface area contributed by atoms with Crippen molar-refractivity contribution in [3.63, 3.8) is 0 Å². The molecule has 0 bridgehead atoms. The maximum atomic E-state index is 11.0. The molecule has 0 unspecified atom stereocenters. The van der Waals surface area contributed by atoms with Crippen LogP contribution in [0.1, 0.15) is 28.4 Å². The smallest absolute Gasteiger partial charge is 0.335 e. The summed E-state index contributed by atoms with van der Waals surface area (Å²) in [5.74, 6) is 5.38. The lowest BCUT2D eigenvalue weighted by Crippen LogP contribution is -2.43. The zero-order valence-electron chi connectivity index (χ0n) is 17.9. The average molecular weight is 424 g/mol. The van der Waals surface area contributed by atoms with Crippen LogP contribution in [-0.2, 0) is 17.8 Å². The third kappa shape index (κ3) is 8.51. The molecule has 31 heavy (non-hydrogen) atoms. The quantitative estimate of drug-likeness (QED) is 0.451. The van der Waals surface area contributed by atoms with Crippen molar-refractivity contribution in [2.75, 3.05) is 26.7 Å². The number of nitrogens with one attached hydrogen (secondary N) is 1. The molecule has 0 aliphatic rings. The predicted octanol–water partition coefficient (Wildman–Crippen LogP) is 1.90. The van der Waals surface area contributed by atoms with E-state index in [2.05, 4.69) is 22.1 Å². The molecular weight excluding hydrogens is 394 g/mol. The molecule has 2 rings (SSSR count). The molecule has 1 amide bonds. The molecule has 0 heterocycles. The number of carboxylic acid groups (broad SMARTS) is 1. The second-order valence-electron chi connectivity index (χ2n) is 7.23. The second-order valence-corrected chi connectivity index (χ2v) is 7.23. The Morgan fingerprint density at radius 1 is 1.13 bits per heavy atom. The lowest BCUT2D eigenvalue weighted by Gasteiger charge is -2.27. The summed E-state index contributed by atoms with van der Waals surface area (Å²) >= 11 is 0. The highest BCUT2D eigenvalue weighted by Gasteiger charge is 2.15. The predicted molar refractivity (Wildman–Crippen MR) is 120 cm³/mol. The standard InChI is InChI=1S/C24H29N3O4/c1-3-4-13-27(2)21(15-26-16-23(25)28)14-18-7-11-22(12-8-18)31-17-19-5-9-20(10-6-19)24(29)30/h5-12,21,26H,13-17H2,1-2H3,(H2,25,28)(H,29,30)/t21-/m0/s1. The Balaban J connectivity index is 1.94. The number of hydrogen-bond acceptors (Lipinski definition) is 5. The summed E-state index contributed by atoms with van der Waals surface area (Å²) in [5.41, 5.74) is 7.51. The van der Waals surface area contributed by atoms with Gasteiger partial charge in [0, 0.05) is 12.6 Å². The zero-order chi connectivity index (χ0) is 22.6. The first-order valence-corrected chi connectivity index (χ1v) is 10.0. The Hall–Kier alpha value is -3.34. The Morgan fingerprint density at radius 2 is 1.77 bits per heavy atom. The van der Waals surface area contributed by atoms with E-state index in [9.17, 15) is 9.59 Å². The monoisotopic (exact) mass is 423 g/mol. The molecule has 4 N–H and O–H groups in total. The van der Waals surface area contributed by atoms with Crippen LogP contribution in [0, 0.1) is 11.8 Å². The number of likely N-dealkylation sites (N-methyl/N-ethyl adjacent to an activating group) is 1. The van der Waals surface area contributed by atoms with E-state index >= 15 is 0 Å². The van der Waals surface area contributed by atoms with Crippen LogP contribution in [-0.4, -0.2) is 54.6 Å². The number of rotatable bonds is 12.